The van der Waals surface area contributed by atoms with Crippen molar-refractivity contribution >= 4 is 27.8 Å². The van der Waals surface area contributed by atoms with Gasteiger partial charge in [-0.2, -0.15) is 0 Å². The van der Waals surface area contributed by atoms with Crippen LogP contribution in [0.2, 0.25) is 0 Å². The number of hydrogen-bond donors (Lipinski definition) is 2. The third-order valence-electron chi connectivity index (χ3n) is 1.55. The smallest absolute Gasteiger partial charge is 0.326 e. The summed E-state index contributed by atoms with van der Waals surface area (Å²) in [6.07, 6.45) is 1.19. The molecule has 0 aromatic carbocycles. The Morgan fingerprint density at radius 3 is 2.38 bits per heavy atom. The van der Waals surface area contributed by atoms with Crippen molar-refractivity contribution in [1.82, 2.24) is 5.32 Å². The summed E-state index contributed by atoms with van der Waals surface area (Å²) in [4.78, 5) is 21.4. The number of alkyl halides is 1. The second-order valence-electron chi connectivity index (χ2n) is 2.80. The fourth-order valence-corrected chi connectivity index (χ4v) is 0.965. The van der Waals surface area contributed by atoms with Crippen LogP contribution in [0.25, 0.3) is 0 Å². The number of carboxylic acids is 1. The van der Waals surface area contributed by atoms with Crippen LogP contribution in [0, 0.1) is 0 Å². The van der Waals surface area contributed by atoms with Gasteiger partial charge in [-0.1, -0.05) is 29.3 Å². The molecule has 0 bridgehead atoms. The molecule has 0 aliphatic rings. The third kappa shape index (κ3) is 4.87. The molecule has 0 saturated carbocycles. The zero-order valence-corrected chi connectivity index (χ0v) is 9.30. The first-order chi connectivity index (χ1) is 5.99. The van der Waals surface area contributed by atoms with E-state index in [0.29, 0.717) is 6.42 Å². The normalized spacial score (nSPS) is 14.7. The largest absolute Gasteiger partial charge is 0.480 e. The van der Waals surface area contributed by atoms with Gasteiger partial charge in [0.15, 0.2) is 0 Å². The van der Waals surface area contributed by atoms with Gasteiger partial charge in [-0.05, 0) is 13.3 Å². The molecule has 0 radical (unpaired) electrons. The minimum Gasteiger partial charge on any atom is -0.480 e. The van der Waals surface area contributed by atoms with Gasteiger partial charge < -0.3 is 10.4 Å². The Kier molecular flexibility index (Phi) is 5.70. The lowest BCUT2D eigenvalue weighted by Crippen LogP contribution is -2.43. The van der Waals surface area contributed by atoms with Crippen LogP contribution in [0.1, 0.15) is 26.7 Å². The van der Waals surface area contributed by atoms with E-state index in [1.807, 2.05) is 6.92 Å². The molecule has 1 amide bonds. The first kappa shape index (κ1) is 12.4. The highest BCUT2D eigenvalue weighted by molar-refractivity contribution is 9.10. The molecule has 0 aliphatic carbocycles. The number of nitrogens with one attached hydrogen (secondary N) is 1. The molecule has 0 unspecified atom stereocenters. The minimum absolute atomic E-state index is 0.291. The topological polar surface area (TPSA) is 66.4 Å². The molecule has 0 rings (SSSR count). The second-order valence-corrected chi connectivity index (χ2v) is 4.18. The van der Waals surface area contributed by atoms with Crippen molar-refractivity contribution in [2.75, 3.05) is 0 Å². The molecule has 4 nitrogen and oxygen atoms in total. The monoisotopic (exact) mass is 251 g/mol. The number of rotatable bonds is 5. The lowest BCUT2D eigenvalue weighted by Gasteiger charge is -2.14. The second kappa shape index (κ2) is 5.96. The number of carboxylic acid groups (broad SMARTS) is 1. The average molecular weight is 252 g/mol. The van der Waals surface area contributed by atoms with Gasteiger partial charge in [0.2, 0.25) is 5.91 Å². The lowest BCUT2D eigenvalue weighted by atomic mass is 10.1. The van der Waals surface area contributed by atoms with Crippen molar-refractivity contribution in [2.24, 2.45) is 0 Å². The van der Waals surface area contributed by atoms with E-state index in [-0.39, 0.29) is 10.7 Å². The molecule has 76 valence electrons. The van der Waals surface area contributed by atoms with Crippen molar-refractivity contribution in [3.63, 3.8) is 0 Å². The van der Waals surface area contributed by atoms with E-state index >= 15 is 0 Å². The molecule has 0 spiro atoms. The van der Waals surface area contributed by atoms with Crippen molar-refractivity contribution < 1.29 is 14.7 Å². The Morgan fingerprint density at radius 1 is 1.54 bits per heavy atom. The maximum Gasteiger partial charge on any atom is 0.326 e. The highest BCUT2D eigenvalue weighted by Gasteiger charge is 2.20. The first-order valence-corrected chi connectivity index (χ1v) is 5.07. The number of carbonyl (C=O) groups excluding carboxylic acids is 1. The van der Waals surface area contributed by atoms with Gasteiger partial charge >= 0.3 is 5.97 Å². The third-order valence-corrected chi connectivity index (χ3v) is 1.97. The molecule has 0 aliphatic heterocycles. The molecule has 0 aromatic rings. The van der Waals surface area contributed by atoms with E-state index in [2.05, 4.69) is 21.2 Å². The van der Waals surface area contributed by atoms with Crippen LogP contribution in [0.4, 0.5) is 0 Å². The Morgan fingerprint density at radius 2 is 2.08 bits per heavy atom. The number of halogens is 1. The van der Waals surface area contributed by atoms with Gasteiger partial charge in [-0.15, -0.1) is 0 Å². The van der Waals surface area contributed by atoms with Crippen LogP contribution in [-0.2, 0) is 9.59 Å². The predicted molar refractivity (Wildman–Crippen MR) is 52.9 cm³/mol. The van der Waals surface area contributed by atoms with Gasteiger partial charge in [-0.3, -0.25) is 4.79 Å². The molecule has 0 heterocycles. The van der Waals surface area contributed by atoms with Gasteiger partial charge in [0.05, 0.1) is 4.83 Å². The molecule has 5 heteroatoms. The summed E-state index contributed by atoms with van der Waals surface area (Å²) in [5.74, 6) is -1.27. The maximum atomic E-state index is 11.1. The van der Waals surface area contributed by atoms with Gasteiger partial charge in [-0.25, -0.2) is 4.79 Å². The number of aliphatic carboxylic acids is 1. The summed E-state index contributed by atoms with van der Waals surface area (Å²) >= 11 is 3.06. The molecule has 0 aromatic heterocycles. The maximum absolute atomic E-state index is 11.1. The first-order valence-electron chi connectivity index (χ1n) is 4.16. The summed E-state index contributed by atoms with van der Waals surface area (Å²) in [6, 6.07) is -0.766. The average Bonchev–Trinajstić information content (AvgIpc) is 2.03. The molecular weight excluding hydrogens is 238 g/mol. The van der Waals surface area contributed by atoms with Gasteiger partial charge in [0.1, 0.15) is 6.04 Å². The summed E-state index contributed by atoms with van der Waals surface area (Å²) in [5.41, 5.74) is 0. The van der Waals surface area contributed by atoms with Crippen LogP contribution < -0.4 is 5.32 Å². The highest BCUT2D eigenvalue weighted by Crippen LogP contribution is 2.01. The number of amides is 1. The molecule has 0 saturated heterocycles. The van der Waals surface area contributed by atoms with E-state index in [1.165, 1.54) is 0 Å². The fraction of sp³-hybridized carbons (Fsp3) is 0.750. The number of carbonyl (C=O) groups is 2. The van der Waals surface area contributed by atoms with Crippen LogP contribution in [-0.4, -0.2) is 27.9 Å². The minimum atomic E-state index is -0.983. The quantitative estimate of drug-likeness (QED) is 0.721. The Balaban J connectivity index is 4.10. The van der Waals surface area contributed by atoms with E-state index in [9.17, 15) is 9.59 Å². The summed E-state index contributed by atoms with van der Waals surface area (Å²) < 4.78 is 0. The van der Waals surface area contributed by atoms with Crippen LogP contribution in [0.3, 0.4) is 0 Å². The Labute approximate surface area is 85.8 Å². The van der Waals surface area contributed by atoms with E-state index in [1.54, 1.807) is 6.92 Å². The van der Waals surface area contributed by atoms with Gasteiger partial charge in [0, 0.05) is 0 Å². The summed E-state index contributed by atoms with van der Waals surface area (Å²) in [6.45, 7) is 3.53. The van der Waals surface area contributed by atoms with Crippen molar-refractivity contribution in [3.8, 4) is 0 Å². The fourth-order valence-electron chi connectivity index (χ4n) is 0.833. The molecule has 13 heavy (non-hydrogen) atoms. The summed E-state index contributed by atoms with van der Waals surface area (Å²) in [5, 5.41) is 11.1. The van der Waals surface area contributed by atoms with Crippen LogP contribution in [0.5, 0.6) is 0 Å². The molecule has 2 N–H and O–H groups in total. The van der Waals surface area contributed by atoms with Crippen molar-refractivity contribution in [3.05, 3.63) is 0 Å². The lowest BCUT2D eigenvalue weighted by molar-refractivity contribution is -0.141. The molecule has 2 atom stereocenters. The van der Waals surface area contributed by atoms with Gasteiger partial charge in [0.25, 0.3) is 0 Å². The Hall–Kier alpha value is -0.580. The Bertz CT molecular complexity index is 194. The van der Waals surface area contributed by atoms with E-state index in [4.69, 9.17) is 5.11 Å². The van der Waals surface area contributed by atoms with E-state index in [0.717, 1.165) is 6.42 Å². The van der Waals surface area contributed by atoms with E-state index < -0.39 is 12.0 Å². The zero-order valence-electron chi connectivity index (χ0n) is 7.71. The molecular formula is C8H14BrNO3. The molecule has 0 fully saturated rings. The highest BCUT2D eigenvalue weighted by atomic mass is 79.9. The van der Waals surface area contributed by atoms with Crippen molar-refractivity contribution in [2.45, 2.75) is 37.6 Å². The predicted octanol–water partition coefficient (Wildman–Crippen LogP) is 1.14. The summed E-state index contributed by atoms with van der Waals surface area (Å²) in [7, 11) is 0. The van der Waals surface area contributed by atoms with Crippen LogP contribution >= 0.6 is 15.9 Å². The van der Waals surface area contributed by atoms with Crippen molar-refractivity contribution in [1.29, 1.82) is 0 Å². The standard InChI is InChI=1S/C8H14BrNO3/c1-3-4-6(8(12)13)10-7(11)5(2)9/h5-6H,3-4H2,1-2H3,(H,10,11)(H,12,13)/t5-,6+/m1/s1. The van der Waals surface area contributed by atoms with Crippen LogP contribution in [0.15, 0.2) is 0 Å². The number of hydrogen-bond acceptors (Lipinski definition) is 2. The SMILES string of the molecule is CCC[C@H](NC(=O)[C@@H](C)Br)C(=O)O. The zero-order chi connectivity index (χ0) is 10.4.